The molecule has 4 heteroatoms. The maximum atomic E-state index is 12.8. The lowest BCUT2D eigenvalue weighted by atomic mass is 10.1. The van der Waals surface area contributed by atoms with Gasteiger partial charge >= 0.3 is 0 Å². The zero-order valence-corrected chi connectivity index (χ0v) is 14.2. The van der Waals surface area contributed by atoms with Crippen LogP contribution in [0.3, 0.4) is 0 Å². The number of nitrogens with zero attached hydrogens (tertiary/aromatic N) is 1. The van der Waals surface area contributed by atoms with Crippen LogP contribution in [-0.4, -0.2) is 11.2 Å². The topological polar surface area (TPSA) is 20.3 Å². The van der Waals surface area contributed by atoms with Gasteiger partial charge in [-0.2, -0.15) is 0 Å². The van der Waals surface area contributed by atoms with Gasteiger partial charge < -0.3 is 0 Å². The third kappa shape index (κ3) is 2.75. The van der Waals surface area contributed by atoms with Crippen molar-refractivity contribution >= 4 is 35.0 Å². The fourth-order valence-corrected chi connectivity index (χ4v) is 4.41. The number of aryl methyl sites for hydroxylation is 1. The van der Waals surface area contributed by atoms with Crippen molar-refractivity contribution in [3.05, 3.63) is 64.7 Å². The SMILES string of the molecule is CCC1SC(c2ccccc2Cl)N(c2ccc(C)cc2)C1=O. The molecule has 1 amide bonds. The molecule has 2 aromatic carbocycles. The number of anilines is 1. The third-order valence-corrected chi connectivity index (χ3v) is 5.83. The molecule has 2 unspecified atom stereocenters. The van der Waals surface area contributed by atoms with Crippen LogP contribution in [0.1, 0.15) is 29.8 Å². The standard InChI is InChI=1S/C18H18ClNOS/c1-3-16-17(21)20(13-10-8-12(2)9-11-13)18(22-16)14-6-4-5-7-15(14)19/h4-11,16,18H,3H2,1-2H3. The molecule has 1 fully saturated rings. The van der Waals surface area contributed by atoms with Gasteiger partial charge in [-0.25, -0.2) is 0 Å². The zero-order chi connectivity index (χ0) is 15.7. The summed E-state index contributed by atoms with van der Waals surface area (Å²) >= 11 is 8.05. The van der Waals surface area contributed by atoms with Crippen LogP contribution in [0.4, 0.5) is 5.69 Å². The van der Waals surface area contributed by atoms with Gasteiger partial charge in [-0.1, -0.05) is 54.4 Å². The van der Waals surface area contributed by atoms with Crippen LogP contribution in [0, 0.1) is 6.92 Å². The van der Waals surface area contributed by atoms with E-state index in [2.05, 4.69) is 6.92 Å². The summed E-state index contributed by atoms with van der Waals surface area (Å²) in [4.78, 5) is 14.7. The molecular formula is C18H18ClNOS. The van der Waals surface area contributed by atoms with Crippen LogP contribution in [0.15, 0.2) is 48.5 Å². The number of amides is 1. The minimum Gasteiger partial charge on any atom is -0.295 e. The quantitative estimate of drug-likeness (QED) is 0.769. The molecular weight excluding hydrogens is 314 g/mol. The van der Waals surface area contributed by atoms with E-state index in [9.17, 15) is 4.79 Å². The molecule has 0 spiro atoms. The molecule has 0 aliphatic carbocycles. The first-order valence-electron chi connectivity index (χ1n) is 7.41. The first-order chi connectivity index (χ1) is 10.6. The molecule has 1 aliphatic rings. The largest absolute Gasteiger partial charge is 0.295 e. The first kappa shape index (κ1) is 15.4. The van der Waals surface area contributed by atoms with Crippen molar-refractivity contribution in [3.63, 3.8) is 0 Å². The predicted octanol–water partition coefficient (Wildman–Crippen LogP) is 5.21. The summed E-state index contributed by atoms with van der Waals surface area (Å²) in [7, 11) is 0. The summed E-state index contributed by atoms with van der Waals surface area (Å²) in [6, 6.07) is 15.9. The summed E-state index contributed by atoms with van der Waals surface area (Å²) in [5.74, 6) is 0.168. The second-order valence-corrected chi connectivity index (χ2v) is 7.15. The normalized spacial score (nSPS) is 21.4. The van der Waals surface area contributed by atoms with Gasteiger partial charge in [-0.05, 0) is 31.5 Å². The van der Waals surface area contributed by atoms with Crippen LogP contribution < -0.4 is 4.90 Å². The molecule has 2 atom stereocenters. The van der Waals surface area contributed by atoms with Crippen molar-refractivity contribution in [3.8, 4) is 0 Å². The molecule has 22 heavy (non-hydrogen) atoms. The van der Waals surface area contributed by atoms with E-state index in [-0.39, 0.29) is 16.5 Å². The van der Waals surface area contributed by atoms with Crippen molar-refractivity contribution in [2.24, 2.45) is 0 Å². The molecule has 0 N–H and O–H groups in total. The Morgan fingerprint density at radius 1 is 1.14 bits per heavy atom. The van der Waals surface area contributed by atoms with Crippen molar-refractivity contribution in [2.45, 2.75) is 30.9 Å². The Hall–Kier alpha value is -1.45. The third-order valence-electron chi connectivity index (χ3n) is 3.89. The predicted molar refractivity (Wildman–Crippen MR) is 94.5 cm³/mol. The van der Waals surface area contributed by atoms with E-state index in [1.165, 1.54) is 5.56 Å². The summed E-state index contributed by atoms with van der Waals surface area (Å²) < 4.78 is 0. The maximum absolute atomic E-state index is 12.8. The number of hydrogen-bond acceptors (Lipinski definition) is 2. The Labute approximate surface area is 140 Å². The number of hydrogen-bond donors (Lipinski definition) is 0. The van der Waals surface area contributed by atoms with Crippen LogP contribution in [0.5, 0.6) is 0 Å². The van der Waals surface area contributed by atoms with Crippen LogP contribution >= 0.6 is 23.4 Å². The van der Waals surface area contributed by atoms with Crippen LogP contribution in [0.25, 0.3) is 0 Å². The second kappa shape index (κ2) is 6.35. The molecule has 0 radical (unpaired) electrons. The molecule has 1 heterocycles. The van der Waals surface area contributed by atoms with Gasteiger partial charge in [0.15, 0.2) is 0 Å². The van der Waals surface area contributed by atoms with E-state index in [0.717, 1.165) is 17.7 Å². The Morgan fingerprint density at radius 3 is 2.45 bits per heavy atom. The van der Waals surface area contributed by atoms with E-state index in [4.69, 9.17) is 11.6 Å². The van der Waals surface area contributed by atoms with E-state index >= 15 is 0 Å². The zero-order valence-electron chi connectivity index (χ0n) is 12.6. The molecule has 2 aromatic rings. The van der Waals surface area contributed by atoms with Gasteiger partial charge in [-0.15, -0.1) is 11.8 Å². The van der Waals surface area contributed by atoms with Gasteiger partial charge in [0.1, 0.15) is 5.37 Å². The Kier molecular flexibility index (Phi) is 4.46. The number of rotatable bonds is 3. The minimum atomic E-state index is -0.0612. The fourth-order valence-electron chi connectivity index (χ4n) is 2.67. The van der Waals surface area contributed by atoms with Crippen LogP contribution in [0.2, 0.25) is 5.02 Å². The molecule has 1 aliphatic heterocycles. The van der Waals surface area contributed by atoms with E-state index in [1.54, 1.807) is 11.8 Å². The summed E-state index contributed by atoms with van der Waals surface area (Å²) in [5.41, 5.74) is 3.12. The first-order valence-corrected chi connectivity index (χ1v) is 8.73. The average molecular weight is 332 g/mol. The lowest BCUT2D eigenvalue weighted by molar-refractivity contribution is -0.117. The van der Waals surface area contributed by atoms with Crippen LogP contribution in [-0.2, 0) is 4.79 Å². The van der Waals surface area contributed by atoms with Crippen molar-refractivity contribution in [1.82, 2.24) is 0 Å². The summed E-state index contributed by atoms with van der Waals surface area (Å²) in [6.45, 7) is 4.10. The maximum Gasteiger partial charge on any atom is 0.241 e. The average Bonchev–Trinajstić information content (AvgIpc) is 2.85. The Morgan fingerprint density at radius 2 is 1.82 bits per heavy atom. The highest BCUT2D eigenvalue weighted by Crippen LogP contribution is 2.48. The van der Waals surface area contributed by atoms with Crippen molar-refractivity contribution in [2.75, 3.05) is 4.90 Å². The lowest BCUT2D eigenvalue weighted by Gasteiger charge is -2.25. The number of benzene rings is 2. The summed E-state index contributed by atoms with van der Waals surface area (Å²) in [6.07, 6.45) is 0.826. The van der Waals surface area contributed by atoms with E-state index in [1.807, 2.05) is 60.4 Å². The summed E-state index contributed by atoms with van der Waals surface area (Å²) in [5, 5.41) is 0.637. The number of halogens is 1. The van der Waals surface area contributed by atoms with Gasteiger partial charge in [0.25, 0.3) is 0 Å². The number of carbonyl (C=O) groups is 1. The smallest absolute Gasteiger partial charge is 0.241 e. The Balaban J connectivity index is 2.05. The lowest BCUT2D eigenvalue weighted by Crippen LogP contribution is -2.30. The molecule has 0 bridgehead atoms. The van der Waals surface area contributed by atoms with E-state index < -0.39 is 0 Å². The molecule has 0 saturated carbocycles. The van der Waals surface area contributed by atoms with Gasteiger partial charge in [0, 0.05) is 16.3 Å². The molecule has 1 saturated heterocycles. The van der Waals surface area contributed by atoms with Crippen molar-refractivity contribution in [1.29, 1.82) is 0 Å². The van der Waals surface area contributed by atoms with Gasteiger partial charge in [0.2, 0.25) is 5.91 Å². The minimum absolute atomic E-state index is 0.0115. The fraction of sp³-hybridized carbons (Fsp3) is 0.278. The van der Waals surface area contributed by atoms with Gasteiger partial charge in [-0.3, -0.25) is 9.69 Å². The monoisotopic (exact) mass is 331 g/mol. The van der Waals surface area contributed by atoms with E-state index in [0.29, 0.717) is 5.02 Å². The second-order valence-electron chi connectivity index (χ2n) is 5.45. The van der Waals surface area contributed by atoms with Gasteiger partial charge in [0.05, 0.1) is 5.25 Å². The number of carbonyl (C=O) groups excluding carboxylic acids is 1. The molecule has 3 rings (SSSR count). The highest BCUT2D eigenvalue weighted by atomic mass is 35.5. The molecule has 0 aromatic heterocycles. The number of thioether (sulfide) groups is 1. The Bertz CT molecular complexity index is 686. The highest BCUT2D eigenvalue weighted by molar-refractivity contribution is 8.01. The molecule has 2 nitrogen and oxygen atoms in total. The molecule has 114 valence electrons. The highest BCUT2D eigenvalue weighted by Gasteiger charge is 2.41. The van der Waals surface area contributed by atoms with Crippen molar-refractivity contribution < 1.29 is 4.79 Å².